The fourth-order valence-electron chi connectivity index (χ4n) is 13.2. The first-order valence-electron chi connectivity index (χ1n) is 19.0. The molecule has 1 amide bonds. The maximum absolute atomic E-state index is 14.3. The summed E-state index contributed by atoms with van der Waals surface area (Å²) < 4.78 is 11.7. The molecule has 47 heavy (non-hydrogen) atoms. The van der Waals surface area contributed by atoms with Crippen molar-refractivity contribution in [3.05, 3.63) is 12.2 Å². The van der Waals surface area contributed by atoms with Gasteiger partial charge in [0.2, 0.25) is 5.91 Å². The number of nitrogens with two attached hydrogens (primary N) is 1. The number of amides is 1. The minimum atomic E-state index is -0.427. The Bertz CT molecular complexity index is 1220. The van der Waals surface area contributed by atoms with Gasteiger partial charge < -0.3 is 20.5 Å². The van der Waals surface area contributed by atoms with Gasteiger partial charge in [0.15, 0.2) is 0 Å². The van der Waals surface area contributed by atoms with Crippen molar-refractivity contribution in [1.82, 2.24) is 5.32 Å². The Morgan fingerprint density at radius 3 is 2.17 bits per heavy atom. The van der Waals surface area contributed by atoms with E-state index in [0.717, 1.165) is 103 Å². The number of hydrogen-bond donors (Lipinski definition) is 2. The van der Waals surface area contributed by atoms with E-state index in [9.17, 15) is 14.4 Å². The average Bonchev–Trinajstić information content (AvgIpc) is 3.41. The molecule has 7 nitrogen and oxygen atoms in total. The van der Waals surface area contributed by atoms with E-state index in [1.807, 2.05) is 0 Å². The van der Waals surface area contributed by atoms with Crippen LogP contribution >= 0.6 is 0 Å². The van der Waals surface area contributed by atoms with Gasteiger partial charge in [0, 0.05) is 25.8 Å². The number of nitrogens with one attached hydrogen (secondary N) is 1. The van der Waals surface area contributed by atoms with Gasteiger partial charge in [-0.3, -0.25) is 14.4 Å². The molecule has 0 aromatic heterocycles. The lowest BCUT2D eigenvalue weighted by atomic mass is 9.32. The molecule has 5 fully saturated rings. The van der Waals surface area contributed by atoms with Crippen molar-refractivity contribution >= 4 is 17.8 Å². The molecule has 0 unspecified atom stereocenters. The predicted octanol–water partition coefficient (Wildman–Crippen LogP) is 7.75. The number of allylic oxidation sites excluding steroid dienone is 1. The molecule has 266 valence electrons. The van der Waals surface area contributed by atoms with Crippen LogP contribution in [0, 0.1) is 56.7 Å². The van der Waals surface area contributed by atoms with Gasteiger partial charge in [0.1, 0.15) is 12.7 Å². The number of ether oxygens (including phenoxy) is 2. The Labute approximate surface area is 285 Å². The van der Waals surface area contributed by atoms with Crippen molar-refractivity contribution in [3.8, 4) is 0 Å². The lowest BCUT2D eigenvalue weighted by Crippen LogP contribution is -2.68. The number of rotatable bonds is 11. The van der Waals surface area contributed by atoms with E-state index in [1.165, 1.54) is 19.4 Å². The fraction of sp³-hybridized carbons (Fsp3) is 0.875. The van der Waals surface area contributed by atoms with Gasteiger partial charge >= 0.3 is 11.9 Å². The first-order chi connectivity index (χ1) is 22.1. The first-order valence-corrected chi connectivity index (χ1v) is 19.0. The molecule has 5 rings (SSSR count). The monoisotopic (exact) mass is 654 g/mol. The molecule has 5 aliphatic rings. The van der Waals surface area contributed by atoms with Crippen LogP contribution in [-0.2, 0) is 23.9 Å². The molecular formula is C40H66N2O5. The third kappa shape index (κ3) is 5.90. The summed E-state index contributed by atoms with van der Waals surface area (Å²) in [6, 6.07) is 0. The lowest BCUT2D eigenvalue weighted by Gasteiger charge is -2.73. The molecule has 0 radical (unpaired) electrons. The highest BCUT2D eigenvalue weighted by Gasteiger charge is 2.72. The molecule has 0 saturated heterocycles. The number of carbonyl (C=O) groups excluding carboxylic acids is 3. The second-order valence-electron chi connectivity index (χ2n) is 17.7. The van der Waals surface area contributed by atoms with Crippen molar-refractivity contribution < 1.29 is 23.9 Å². The second-order valence-corrected chi connectivity index (χ2v) is 17.7. The van der Waals surface area contributed by atoms with Gasteiger partial charge in [0.25, 0.3) is 0 Å². The van der Waals surface area contributed by atoms with Crippen LogP contribution in [0.25, 0.3) is 0 Å². The molecule has 0 heterocycles. The molecule has 0 bridgehead atoms. The Morgan fingerprint density at radius 1 is 0.787 bits per heavy atom. The molecule has 11 atom stereocenters. The summed E-state index contributed by atoms with van der Waals surface area (Å²) in [6.07, 6.45) is 14.4. The molecule has 3 N–H and O–H groups in total. The molecule has 0 aromatic rings. The van der Waals surface area contributed by atoms with Gasteiger partial charge in [-0.05, 0) is 136 Å². The Hall–Kier alpha value is -1.89. The van der Waals surface area contributed by atoms with E-state index in [2.05, 4.69) is 46.5 Å². The van der Waals surface area contributed by atoms with Crippen LogP contribution in [0.3, 0.4) is 0 Å². The highest BCUT2D eigenvalue weighted by molar-refractivity contribution is 5.84. The van der Waals surface area contributed by atoms with E-state index >= 15 is 0 Å². The maximum Gasteiger partial charge on any atom is 0.302 e. The van der Waals surface area contributed by atoms with Crippen molar-refractivity contribution in [2.75, 3.05) is 19.7 Å². The predicted molar refractivity (Wildman–Crippen MR) is 186 cm³/mol. The van der Waals surface area contributed by atoms with Crippen LogP contribution in [0.2, 0.25) is 0 Å². The van der Waals surface area contributed by atoms with Gasteiger partial charge in [-0.15, -0.1) is 0 Å². The van der Waals surface area contributed by atoms with E-state index in [0.29, 0.717) is 35.5 Å². The first kappa shape index (κ1) is 36.4. The summed E-state index contributed by atoms with van der Waals surface area (Å²) in [5, 5.41) is 3.44. The molecule has 0 aliphatic heterocycles. The number of hydrogen-bond acceptors (Lipinski definition) is 6. The summed E-state index contributed by atoms with van der Waals surface area (Å²) in [4.78, 5) is 38.6. The molecular weight excluding hydrogens is 588 g/mol. The number of unbranched alkanes of at least 4 members (excludes halogenated alkanes) is 3. The van der Waals surface area contributed by atoms with Crippen LogP contribution < -0.4 is 11.1 Å². The topological polar surface area (TPSA) is 108 Å². The zero-order valence-corrected chi connectivity index (χ0v) is 30.8. The van der Waals surface area contributed by atoms with Gasteiger partial charge in [-0.2, -0.15) is 0 Å². The van der Waals surface area contributed by atoms with E-state index in [4.69, 9.17) is 15.2 Å². The Balaban J connectivity index is 1.44. The smallest absolute Gasteiger partial charge is 0.302 e. The third-order valence-corrected chi connectivity index (χ3v) is 15.6. The van der Waals surface area contributed by atoms with Gasteiger partial charge in [-0.25, -0.2) is 0 Å². The van der Waals surface area contributed by atoms with Crippen LogP contribution in [-0.4, -0.2) is 43.6 Å². The highest BCUT2D eigenvalue weighted by Crippen LogP contribution is 2.77. The normalized spacial score (nSPS) is 43.8. The average molecular weight is 655 g/mol. The van der Waals surface area contributed by atoms with Crippen molar-refractivity contribution in [2.45, 2.75) is 144 Å². The van der Waals surface area contributed by atoms with Crippen LogP contribution in [0.4, 0.5) is 0 Å². The zero-order valence-electron chi connectivity index (χ0n) is 30.8. The molecule has 0 aromatic carbocycles. The van der Waals surface area contributed by atoms with Crippen LogP contribution in [0.5, 0.6) is 0 Å². The summed E-state index contributed by atoms with van der Waals surface area (Å²) in [6.45, 7) is 21.4. The molecule has 0 spiro atoms. The Morgan fingerprint density at radius 2 is 1.51 bits per heavy atom. The molecule has 7 heteroatoms. The minimum Gasteiger partial charge on any atom is -0.465 e. The summed E-state index contributed by atoms with van der Waals surface area (Å²) in [7, 11) is 0. The van der Waals surface area contributed by atoms with Crippen molar-refractivity contribution in [2.24, 2.45) is 62.4 Å². The van der Waals surface area contributed by atoms with Crippen molar-refractivity contribution in [3.63, 3.8) is 0 Å². The maximum atomic E-state index is 14.3. The number of carbonyl (C=O) groups is 3. The largest absolute Gasteiger partial charge is 0.465 e. The fourth-order valence-corrected chi connectivity index (χ4v) is 13.2. The third-order valence-electron chi connectivity index (χ3n) is 15.6. The summed E-state index contributed by atoms with van der Waals surface area (Å²) >= 11 is 0. The van der Waals surface area contributed by atoms with Crippen LogP contribution in [0.1, 0.15) is 138 Å². The van der Waals surface area contributed by atoms with Gasteiger partial charge in [0.05, 0.1) is 5.41 Å². The quantitative estimate of drug-likeness (QED) is 0.134. The summed E-state index contributed by atoms with van der Waals surface area (Å²) in [5.74, 6) is 1.80. The standard InChI is InChI=1S/C40H66N2O5/c1-26(2)29-15-20-40(35(45)42-24-12-10-9-11-23-41)22-21-38(7)30(34(29)40)13-14-32-36(5)18-17-33(47-28(4)44)37(6,25-46-27(3)43)31(36)16-19-39(32,38)8/h29-34H,1,9-25,41H2,2-8H3,(H,42,45)/t29-,30+,31+,32+,33-,34+,36-,37-,38+,39+,40-/m0/s1. The Kier molecular flexibility index (Phi) is 10.4. The molecule has 5 aliphatic carbocycles. The van der Waals surface area contributed by atoms with Crippen LogP contribution in [0.15, 0.2) is 12.2 Å². The number of fused-ring (bicyclic) bond motifs is 7. The second kappa shape index (κ2) is 13.4. The number of esters is 2. The lowest BCUT2D eigenvalue weighted by molar-refractivity contribution is -0.256. The van der Waals surface area contributed by atoms with E-state index < -0.39 is 5.41 Å². The van der Waals surface area contributed by atoms with E-state index in [-0.39, 0.29) is 46.3 Å². The minimum absolute atomic E-state index is 0.0474. The van der Waals surface area contributed by atoms with Crippen molar-refractivity contribution in [1.29, 1.82) is 0 Å². The SMILES string of the molecule is C=C(C)[C@@H]1CC[C@]2(C(=O)NCCCCCCN)CC[C@]3(C)[C@H](CC[C@@H]4[C@@]5(C)CC[C@H](OC(C)=O)[C@@](C)(COC(C)=O)[C@@H]5CC[C@]43C)[C@@H]12. The zero-order chi connectivity index (χ0) is 34.4. The summed E-state index contributed by atoms with van der Waals surface area (Å²) in [5.41, 5.74) is 6.52. The molecule has 5 saturated carbocycles. The van der Waals surface area contributed by atoms with E-state index in [1.54, 1.807) is 0 Å². The highest BCUT2D eigenvalue weighted by atomic mass is 16.6. The van der Waals surface area contributed by atoms with Gasteiger partial charge in [-0.1, -0.05) is 52.7 Å².